The van der Waals surface area contributed by atoms with Gasteiger partial charge in [-0.25, -0.2) is 0 Å². The number of rotatable bonds is 8. The van der Waals surface area contributed by atoms with E-state index >= 15 is 0 Å². The van der Waals surface area contributed by atoms with Crippen LogP contribution in [0.4, 0.5) is 0 Å². The van der Waals surface area contributed by atoms with Gasteiger partial charge in [-0.15, -0.1) is 0 Å². The molecule has 1 unspecified atom stereocenters. The van der Waals surface area contributed by atoms with E-state index in [4.69, 9.17) is 9.47 Å². The summed E-state index contributed by atoms with van der Waals surface area (Å²) in [5.41, 5.74) is 0. The van der Waals surface area contributed by atoms with Gasteiger partial charge in [-0.3, -0.25) is 4.90 Å². The Morgan fingerprint density at radius 1 is 1.06 bits per heavy atom. The van der Waals surface area contributed by atoms with Crippen molar-refractivity contribution in [3.05, 3.63) is 0 Å². The van der Waals surface area contributed by atoms with E-state index in [0.717, 1.165) is 25.7 Å². The van der Waals surface area contributed by atoms with Gasteiger partial charge in [0.1, 0.15) is 0 Å². The molecule has 1 atom stereocenters. The molecule has 0 aromatic heterocycles. The van der Waals surface area contributed by atoms with Gasteiger partial charge in [0.05, 0.1) is 0 Å². The van der Waals surface area contributed by atoms with E-state index in [0.29, 0.717) is 0 Å². The van der Waals surface area contributed by atoms with Gasteiger partial charge in [0.15, 0.2) is 6.29 Å². The molecule has 3 heteroatoms. The smallest absolute Gasteiger partial charge is 0.170 e. The third-order valence-corrected chi connectivity index (χ3v) is 3.75. The van der Waals surface area contributed by atoms with Crippen LogP contribution in [0.2, 0.25) is 0 Å². The first-order valence-corrected chi connectivity index (χ1v) is 7.75. The molecule has 3 nitrogen and oxygen atoms in total. The van der Waals surface area contributed by atoms with Crippen LogP contribution in [0.1, 0.15) is 52.9 Å². The molecule has 1 aliphatic heterocycles. The van der Waals surface area contributed by atoms with Gasteiger partial charge >= 0.3 is 0 Å². The van der Waals surface area contributed by atoms with E-state index in [1.807, 2.05) is 13.8 Å². The average Bonchev–Trinajstić information content (AvgIpc) is 2.56. The van der Waals surface area contributed by atoms with Gasteiger partial charge in [-0.05, 0) is 52.1 Å². The minimum absolute atomic E-state index is 0.0391. The number of hydrogen-bond donors (Lipinski definition) is 0. The summed E-state index contributed by atoms with van der Waals surface area (Å²) >= 11 is 0. The van der Waals surface area contributed by atoms with E-state index in [1.165, 1.54) is 45.2 Å². The van der Waals surface area contributed by atoms with Crippen LogP contribution in [0.15, 0.2) is 0 Å². The molecule has 1 heterocycles. The van der Waals surface area contributed by atoms with Gasteiger partial charge < -0.3 is 9.47 Å². The van der Waals surface area contributed by atoms with Gasteiger partial charge in [0, 0.05) is 19.8 Å². The number of likely N-dealkylation sites (tertiary alicyclic amines) is 1. The molecule has 0 bridgehead atoms. The van der Waals surface area contributed by atoms with Crippen LogP contribution in [0.3, 0.4) is 0 Å². The van der Waals surface area contributed by atoms with E-state index in [-0.39, 0.29) is 6.29 Å². The van der Waals surface area contributed by atoms with Gasteiger partial charge in [-0.1, -0.05) is 19.8 Å². The fourth-order valence-electron chi connectivity index (χ4n) is 2.84. The predicted molar refractivity (Wildman–Crippen MR) is 75.7 cm³/mol. The molecule has 0 aromatic rings. The zero-order valence-corrected chi connectivity index (χ0v) is 12.5. The third kappa shape index (κ3) is 6.17. The summed E-state index contributed by atoms with van der Waals surface area (Å²) in [5.74, 6) is 0.942. The Hall–Kier alpha value is -0.120. The quantitative estimate of drug-likeness (QED) is 0.623. The molecule has 0 amide bonds. The van der Waals surface area contributed by atoms with Crippen molar-refractivity contribution in [1.82, 2.24) is 4.90 Å². The van der Waals surface area contributed by atoms with Crippen LogP contribution in [0.5, 0.6) is 0 Å². The third-order valence-electron chi connectivity index (χ3n) is 3.75. The first-order valence-electron chi connectivity index (χ1n) is 7.75. The molecular formula is C15H31NO2. The molecule has 0 aromatic carbocycles. The normalized spacial score (nSPS) is 22.3. The predicted octanol–water partition coefficient (Wildman–Crippen LogP) is 3.29. The Bertz CT molecular complexity index is 193. The summed E-state index contributed by atoms with van der Waals surface area (Å²) in [6.45, 7) is 11.2. The first-order chi connectivity index (χ1) is 8.80. The largest absolute Gasteiger partial charge is 0.352 e. The molecule has 0 spiro atoms. The van der Waals surface area contributed by atoms with Gasteiger partial charge in [-0.2, -0.15) is 0 Å². The first kappa shape index (κ1) is 15.9. The lowest BCUT2D eigenvalue weighted by Crippen LogP contribution is -2.36. The molecule has 1 fully saturated rings. The van der Waals surface area contributed by atoms with E-state index in [1.54, 1.807) is 0 Å². The maximum atomic E-state index is 5.64. The fraction of sp³-hybridized carbons (Fsp3) is 1.00. The summed E-state index contributed by atoms with van der Waals surface area (Å²) in [4.78, 5) is 2.52. The Labute approximate surface area is 113 Å². The monoisotopic (exact) mass is 257 g/mol. The zero-order valence-electron chi connectivity index (χ0n) is 12.5. The molecule has 18 heavy (non-hydrogen) atoms. The summed E-state index contributed by atoms with van der Waals surface area (Å²) < 4.78 is 11.3. The van der Waals surface area contributed by atoms with Crippen molar-refractivity contribution in [1.29, 1.82) is 0 Å². The highest BCUT2D eigenvalue weighted by molar-refractivity contribution is 4.70. The SMILES string of the molecule is CCCC1CCCN(CC(OCC)OCC)CC1. The van der Waals surface area contributed by atoms with Crippen molar-refractivity contribution in [3.63, 3.8) is 0 Å². The second-order valence-electron chi connectivity index (χ2n) is 5.23. The molecule has 0 saturated carbocycles. The molecule has 108 valence electrons. The topological polar surface area (TPSA) is 21.7 Å². The average molecular weight is 257 g/mol. The minimum Gasteiger partial charge on any atom is -0.352 e. The highest BCUT2D eigenvalue weighted by atomic mass is 16.7. The number of hydrogen-bond acceptors (Lipinski definition) is 3. The second kappa shape index (κ2) is 9.76. The van der Waals surface area contributed by atoms with Crippen LogP contribution in [-0.2, 0) is 9.47 Å². The minimum atomic E-state index is -0.0391. The van der Waals surface area contributed by atoms with Gasteiger partial charge in [0.2, 0.25) is 0 Å². The van der Waals surface area contributed by atoms with Crippen molar-refractivity contribution in [2.45, 2.75) is 59.2 Å². The van der Waals surface area contributed by atoms with E-state index < -0.39 is 0 Å². The van der Waals surface area contributed by atoms with Crippen LogP contribution in [-0.4, -0.2) is 44.0 Å². The van der Waals surface area contributed by atoms with Crippen LogP contribution >= 0.6 is 0 Å². The lowest BCUT2D eigenvalue weighted by atomic mass is 9.96. The number of nitrogens with zero attached hydrogens (tertiary/aromatic N) is 1. The Kier molecular flexibility index (Phi) is 8.64. The van der Waals surface area contributed by atoms with Crippen molar-refractivity contribution in [2.24, 2.45) is 5.92 Å². The Morgan fingerprint density at radius 3 is 2.39 bits per heavy atom. The molecule has 0 N–H and O–H groups in total. The maximum Gasteiger partial charge on any atom is 0.170 e. The summed E-state index contributed by atoms with van der Waals surface area (Å²) in [6.07, 6.45) is 6.76. The lowest BCUT2D eigenvalue weighted by molar-refractivity contribution is -0.147. The van der Waals surface area contributed by atoms with Crippen LogP contribution < -0.4 is 0 Å². The summed E-state index contributed by atoms with van der Waals surface area (Å²) in [7, 11) is 0. The van der Waals surface area contributed by atoms with Crippen LogP contribution in [0.25, 0.3) is 0 Å². The fourth-order valence-corrected chi connectivity index (χ4v) is 2.84. The van der Waals surface area contributed by atoms with E-state index in [2.05, 4.69) is 11.8 Å². The van der Waals surface area contributed by atoms with Crippen molar-refractivity contribution < 1.29 is 9.47 Å². The highest BCUT2D eigenvalue weighted by Gasteiger charge is 2.19. The van der Waals surface area contributed by atoms with Crippen molar-refractivity contribution in [3.8, 4) is 0 Å². The Morgan fingerprint density at radius 2 is 1.78 bits per heavy atom. The molecule has 1 saturated heterocycles. The Balaban J connectivity index is 2.32. The summed E-state index contributed by atoms with van der Waals surface area (Å²) in [5, 5.41) is 0. The van der Waals surface area contributed by atoms with E-state index in [9.17, 15) is 0 Å². The molecule has 1 rings (SSSR count). The van der Waals surface area contributed by atoms with Crippen molar-refractivity contribution in [2.75, 3.05) is 32.8 Å². The van der Waals surface area contributed by atoms with Gasteiger partial charge in [0.25, 0.3) is 0 Å². The molecular weight excluding hydrogens is 226 g/mol. The lowest BCUT2D eigenvalue weighted by Gasteiger charge is -2.26. The molecule has 1 aliphatic rings. The van der Waals surface area contributed by atoms with Crippen molar-refractivity contribution >= 4 is 0 Å². The standard InChI is InChI=1S/C15H31NO2/c1-4-8-14-9-7-11-16(12-10-14)13-15(17-5-2)18-6-3/h14-15H,4-13H2,1-3H3. The maximum absolute atomic E-state index is 5.64. The molecule has 0 radical (unpaired) electrons. The highest BCUT2D eigenvalue weighted by Crippen LogP contribution is 2.22. The zero-order chi connectivity index (χ0) is 13.2. The molecule has 0 aliphatic carbocycles. The second-order valence-corrected chi connectivity index (χ2v) is 5.23. The number of ether oxygens (including phenoxy) is 2. The summed E-state index contributed by atoms with van der Waals surface area (Å²) in [6, 6.07) is 0. The van der Waals surface area contributed by atoms with Crippen LogP contribution in [0, 0.1) is 5.92 Å².